The molecule has 2 fully saturated rings. The number of hydrogen-bond acceptors (Lipinski definition) is 6. The van der Waals surface area contributed by atoms with E-state index in [1.54, 1.807) is 13.4 Å². The zero-order valence-corrected chi connectivity index (χ0v) is 18.0. The highest BCUT2D eigenvalue weighted by Gasteiger charge is 2.22. The van der Waals surface area contributed by atoms with Gasteiger partial charge in [0.2, 0.25) is 5.91 Å². The molecule has 0 spiro atoms. The summed E-state index contributed by atoms with van der Waals surface area (Å²) in [5.74, 6) is 1.93. The monoisotopic (exact) mass is 421 g/mol. The number of nitrogens with one attached hydrogen (secondary N) is 2. The van der Waals surface area contributed by atoms with E-state index in [1.807, 2.05) is 12.1 Å². The predicted octanol–water partition coefficient (Wildman–Crippen LogP) is 0.327. The lowest BCUT2D eigenvalue weighted by Crippen LogP contribution is -2.54. The van der Waals surface area contributed by atoms with Gasteiger partial charge in [0, 0.05) is 59.4 Å². The first-order valence-corrected chi connectivity index (χ1v) is 10.9. The predicted molar refractivity (Wildman–Crippen MR) is 115 cm³/mol. The summed E-state index contributed by atoms with van der Waals surface area (Å²) >= 11 is 0. The van der Waals surface area contributed by atoms with Crippen LogP contribution in [0.5, 0.6) is 0 Å². The zero-order valence-electron chi connectivity index (χ0n) is 18.0. The molecule has 9 nitrogen and oxygen atoms in total. The first-order valence-electron chi connectivity index (χ1n) is 10.9. The first-order chi connectivity index (χ1) is 14.7. The molecule has 1 unspecified atom stereocenters. The maximum absolute atomic E-state index is 12.0. The number of guanidine groups is 1. The van der Waals surface area contributed by atoms with Crippen LogP contribution in [-0.4, -0.2) is 100 Å². The van der Waals surface area contributed by atoms with Gasteiger partial charge in [0.15, 0.2) is 5.96 Å². The van der Waals surface area contributed by atoms with Gasteiger partial charge in [-0.15, -0.1) is 0 Å². The maximum atomic E-state index is 12.0. The summed E-state index contributed by atoms with van der Waals surface area (Å²) in [7, 11) is 1.63. The van der Waals surface area contributed by atoms with Crippen molar-refractivity contribution in [2.75, 3.05) is 72.7 Å². The Balaban J connectivity index is 1.46. The highest BCUT2D eigenvalue weighted by atomic mass is 16.5. The third kappa shape index (κ3) is 7.62. The summed E-state index contributed by atoms with van der Waals surface area (Å²) in [6, 6.07) is 3.90. The molecule has 1 aromatic heterocycles. The fraction of sp³-hybridized carbons (Fsp3) is 0.714. The van der Waals surface area contributed by atoms with Crippen LogP contribution < -0.4 is 10.6 Å². The number of amides is 1. The van der Waals surface area contributed by atoms with E-state index >= 15 is 0 Å². The molecule has 2 N–H and O–H groups in total. The van der Waals surface area contributed by atoms with Crippen molar-refractivity contribution in [1.82, 2.24) is 20.4 Å². The largest absolute Gasteiger partial charge is 0.469 e. The van der Waals surface area contributed by atoms with Crippen molar-refractivity contribution in [1.29, 1.82) is 0 Å². The van der Waals surface area contributed by atoms with Crippen molar-refractivity contribution in [2.45, 2.75) is 25.4 Å². The Kier molecular flexibility index (Phi) is 9.46. The minimum absolute atomic E-state index is 0.0457. The summed E-state index contributed by atoms with van der Waals surface area (Å²) < 4.78 is 16.1. The van der Waals surface area contributed by atoms with Crippen molar-refractivity contribution < 1.29 is 18.7 Å². The Labute approximate surface area is 178 Å². The van der Waals surface area contributed by atoms with Crippen LogP contribution in [-0.2, 0) is 20.7 Å². The van der Waals surface area contributed by atoms with Gasteiger partial charge in [0.05, 0.1) is 32.1 Å². The van der Waals surface area contributed by atoms with Gasteiger partial charge in [-0.25, -0.2) is 0 Å². The number of aliphatic imine (C=N–C) groups is 1. The molecule has 1 atom stereocenters. The minimum atomic E-state index is 0.0457. The van der Waals surface area contributed by atoms with Crippen LogP contribution in [0.15, 0.2) is 27.8 Å². The number of carbonyl (C=O) groups is 1. The Bertz CT molecular complexity index is 638. The van der Waals surface area contributed by atoms with E-state index in [9.17, 15) is 4.79 Å². The van der Waals surface area contributed by atoms with Crippen molar-refractivity contribution in [3.8, 4) is 0 Å². The van der Waals surface area contributed by atoms with Gasteiger partial charge in [-0.2, -0.15) is 0 Å². The lowest BCUT2D eigenvalue weighted by atomic mass is 10.2. The average Bonchev–Trinajstić information content (AvgIpc) is 3.46. The van der Waals surface area contributed by atoms with Crippen LogP contribution in [0, 0.1) is 0 Å². The Hall–Kier alpha value is -2.10. The van der Waals surface area contributed by atoms with Crippen molar-refractivity contribution in [3.05, 3.63) is 24.2 Å². The molecule has 3 heterocycles. The normalized spacial score (nSPS) is 20.5. The van der Waals surface area contributed by atoms with Gasteiger partial charge >= 0.3 is 0 Å². The highest BCUT2D eigenvalue weighted by molar-refractivity contribution is 5.80. The van der Waals surface area contributed by atoms with E-state index in [0.717, 1.165) is 70.3 Å². The molecule has 9 heteroatoms. The van der Waals surface area contributed by atoms with Crippen LogP contribution >= 0.6 is 0 Å². The molecule has 1 aromatic rings. The number of hydrogen-bond donors (Lipinski definition) is 2. The van der Waals surface area contributed by atoms with E-state index in [-0.39, 0.29) is 12.0 Å². The summed E-state index contributed by atoms with van der Waals surface area (Å²) in [6.45, 7) is 7.13. The third-order valence-corrected chi connectivity index (χ3v) is 5.37. The highest BCUT2D eigenvalue weighted by Crippen LogP contribution is 2.12. The van der Waals surface area contributed by atoms with Gasteiger partial charge in [0.25, 0.3) is 0 Å². The summed E-state index contributed by atoms with van der Waals surface area (Å²) in [4.78, 5) is 21.3. The summed E-state index contributed by atoms with van der Waals surface area (Å²) in [5.41, 5.74) is 0. The molecular formula is C21H35N5O4. The number of piperazine rings is 1. The topological polar surface area (TPSA) is 91.6 Å². The number of ether oxygens (including phenoxy) is 2. The molecule has 30 heavy (non-hydrogen) atoms. The molecule has 0 radical (unpaired) electrons. The Morgan fingerprint density at radius 1 is 1.27 bits per heavy atom. The van der Waals surface area contributed by atoms with Gasteiger partial charge < -0.3 is 29.4 Å². The van der Waals surface area contributed by atoms with Crippen molar-refractivity contribution >= 4 is 11.9 Å². The molecule has 0 bridgehead atoms. The van der Waals surface area contributed by atoms with Gasteiger partial charge in [-0.1, -0.05) is 0 Å². The second kappa shape index (κ2) is 12.6. The molecule has 0 aromatic carbocycles. The van der Waals surface area contributed by atoms with Crippen molar-refractivity contribution in [2.24, 2.45) is 4.99 Å². The fourth-order valence-electron chi connectivity index (χ4n) is 3.67. The van der Waals surface area contributed by atoms with E-state index in [0.29, 0.717) is 26.2 Å². The molecule has 0 saturated carbocycles. The quantitative estimate of drug-likeness (QED) is 0.320. The fourth-order valence-corrected chi connectivity index (χ4v) is 3.67. The number of methoxy groups -OCH3 is 1. The Morgan fingerprint density at radius 3 is 2.83 bits per heavy atom. The number of nitrogens with zero attached hydrogens (tertiary/aromatic N) is 3. The van der Waals surface area contributed by atoms with Crippen LogP contribution in [0.3, 0.4) is 0 Å². The SMILES string of the molecule is COCCNC(=O)CN1CCN(C(=NCC2CCCO2)NCCc2ccco2)CC1. The number of rotatable bonds is 10. The van der Waals surface area contributed by atoms with Gasteiger partial charge in [-0.3, -0.25) is 14.7 Å². The summed E-state index contributed by atoms with van der Waals surface area (Å²) in [6.07, 6.45) is 4.94. The second-order valence-corrected chi connectivity index (χ2v) is 7.66. The van der Waals surface area contributed by atoms with Crippen LogP contribution in [0.4, 0.5) is 0 Å². The first kappa shape index (κ1) is 22.6. The van der Waals surface area contributed by atoms with Gasteiger partial charge in [-0.05, 0) is 25.0 Å². The Morgan fingerprint density at radius 2 is 2.13 bits per heavy atom. The maximum Gasteiger partial charge on any atom is 0.234 e. The lowest BCUT2D eigenvalue weighted by Gasteiger charge is -2.36. The molecule has 1 amide bonds. The van der Waals surface area contributed by atoms with E-state index < -0.39 is 0 Å². The van der Waals surface area contributed by atoms with Crippen LogP contribution in [0.1, 0.15) is 18.6 Å². The third-order valence-electron chi connectivity index (χ3n) is 5.37. The average molecular weight is 422 g/mol. The molecule has 2 aliphatic heterocycles. The second-order valence-electron chi connectivity index (χ2n) is 7.66. The molecule has 2 saturated heterocycles. The molecule has 3 rings (SSSR count). The standard InChI is InChI=1S/C21H35N5O4/c1-28-15-8-22-20(27)17-25-9-11-26(12-10-25)21(24-16-19-5-3-14-30-19)23-7-6-18-4-2-13-29-18/h2,4,13,19H,3,5-12,14-17H2,1H3,(H,22,27)(H,23,24). The van der Waals surface area contributed by atoms with E-state index in [1.165, 1.54) is 0 Å². The molecular weight excluding hydrogens is 386 g/mol. The smallest absolute Gasteiger partial charge is 0.234 e. The lowest BCUT2D eigenvalue weighted by molar-refractivity contribution is -0.122. The number of carbonyl (C=O) groups excluding carboxylic acids is 1. The van der Waals surface area contributed by atoms with Crippen LogP contribution in [0.25, 0.3) is 0 Å². The molecule has 168 valence electrons. The minimum Gasteiger partial charge on any atom is -0.469 e. The zero-order chi connectivity index (χ0) is 21.0. The molecule has 0 aliphatic carbocycles. The summed E-state index contributed by atoms with van der Waals surface area (Å²) in [5, 5.41) is 6.37. The molecule has 2 aliphatic rings. The number of furan rings is 1. The van der Waals surface area contributed by atoms with E-state index in [4.69, 9.17) is 18.9 Å². The van der Waals surface area contributed by atoms with Crippen molar-refractivity contribution in [3.63, 3.8) is 0 Å². The van der Waals surface area contributed by atoms with Crippen LogP contribution in [0.2, 0.25) is 0 Å². The van der Waals surface area contributed by atoms with Gasteiger partial charge in [0.1, 0.15) is 5.76 Å². The van der Waals surface area contributed by atoms with E-state index in [2.05, 4.69) is 20.4 Å².